The molecule has 138 valence electrons. The molecule has 0 bridgehead atoms. The second kappa shape index (κ2) is 8.31. The molecule has 0 fully saturated rings. The van der Waals surface area contributed by atoms with Crippen LogP contribution in [0, 0.1) is 0 Å². The van der Waals surface area contributed by atoms with Gasteiger partial charge in [-0.3, -0.25) is 9.59 Å². The molecule has 6 nitrogen and oxygen atoms in total. The molecular formula is C21H21N3O3. The van der Waals surface area contributed by atoms with Crippen LogP contribution in [-0.2, 0) is 11.3 Å². The van der Waals surface area contributed by atoms with E-state index in [4.69, 9.17) is 4.74 Å². The number of aromatic nitrogens is 2. The maximum atomic E-state index is 12.5. The van der Waals surface area contributed by atoms with Crippen LogP contribution < -0.4 is 15.6 Å². The van der Waals surface area contributed by atoms with Crippen LogP contribution in [0.2, 0.25) is 0 Å². The number of amides is 1. The molecule has 0 aliphatic heterocycles. The first-order chi connectivity index (χ1) is 13.1. The lowest BCUT2D eigenvalue weighted by Crippen LogP contribution is -2.33. The molecule has 3 aromatic rings. The van der Waals surface area contributed by atoms with Gasteiger partial charge in [0.2, 0.25) is 5.91 Å². The van der Waals surface area contributed by atoms with Crippen molar-refractivity contribution in [3.8, 4) is 17.0 Å². The van der Waals surface area contributed by atoms with Crippen LogP contribution in [0.4, 0.5) is 0 Å². The number of carbonyl (C=O) groups excluding carboxylic acids is 1. The van der Waals surface area contributed by atoms with Crippen molar-refractivity contribution >= 4 is 5.91 Å². The highest BCUT2D eigenvalue weighted by molar-refractivity contribution is 5.76. The SMILES string of the molecule is COc1ccccc1[C@H](C)NC(=O)Cn1cc(-c2ccccc2)ncc1=O. The lowest BCUT2D eigenvalue weighted by atomic mass is 10.1. The number of rotatable bonds is 6. The van der Waals surface area contributed by atoms with E-state index in [-0.39, 0.29) is 24.1 Å². The van der Waals surface area contributed by atoms with Crippen LogP contribution in [0.3, 0.4) is 0 Å². The Balaban J connectivity index is 1.75. The molecule has 0 unspecified atom stereocenters. The number of hydrogen-bond donors (Lipinski definition) is 1. The fourth-order valence-electron chi connectivity index (χ4n) is 2.87. The van der Waals surface area contributed by atoms with E-state index in [9.17, 15) is 9.59 Å². The number of benzene rings is 2. The maximum absolute atomic E-state index is 12.5. The van der Waals surface area contributed by atoms with Crippen molar-refractivity contribution in [3.05, 3.63) is 82.9 Å². The predicted molar refractivity (Wildman–Crippen MR) is 103 cm³/mol. The largest absolute Gasteiger partial charge is 0.496 e. The zero-order valence-electron chi connectivity index (χ0n) is 15.3. The molecule has 27 heavy (non-hydrogen) atoms. The molecule has 1 N–H and O–H groups in total. The normalized spacial score (nSPS) is 11.6. The van der Waals surface area contributed by atoms with Gasteiger partial charge in [0.05, 0.1) is 25.0 Å². The minimum Gasteiger partial charge on any atom is -0.496 e. The van der Waals surface area contributed by atoms with Gasteiger partial charge in [-0.15, -0.1) is 0 Å². The number of carbonyl (C=O) groups is 1. The number of nitrogens with one attached hydrogen (secondary N) is 1. The second-order valence-corrected chi connectivity index (χ2v) is 6.14. The van der Waals surface area contributed by atoms with Gasteiger partial charge < -0.3 is 14.6 Å². The van der Waals surface area contributed by atoms with E-state index in [1.165, 1.54) is 10.8 Å². The first-order valence-corrected chi connectivity index (χ1v) is 8.62. The van der Waals surface area contributed by atoms with Crippen LogP contribution in [0.5, 0.6) is 5.75 Å². The smallest absolute Gasteiger partial charge is 0.269 e. The Labute approximate surface area is 157 Å². The molecule has 0 aliphatic rings. The Hall–Kier alpha value is -3.41. The molecule has 3 rings (SSSR count). The number of ether oxygens (including phenoxy) is 1. The van der Waals surface area contributed by atoms with Crippen molar-refractivity contribution in [1.82, 2.24) is 14.9 Å². The summed E-state index contributed by atoms with van der Waals surface area (Å²) in [6.07, 6.45) is 2.84. The third-order valence-electron chi connectivity index (χ3n) is 4.24. The van der Waals surface area contributed by atoms with Gasteiger partial charge in [0.25, 0.3) is 5.56 Å². The van der Waals surface area contributed by atoms with Crippen LogP contribution >= 0.6 is 0 Å². The van der Waals surface area contributed by atoms with Crippen LogP contribution in [0.1, 0.15) is 18.5 Å². The van der Waals surface area contributed by atoms with Gasteiger partial charge >= 0.3 is 0 Å². The highest BCUT2D eigenvalue weighted by Crippen LogP contribution is 2.24. The van der Waals surface area contributed by atoms with E-state index >= 15 is 0 Å². The van der Waals surface area contributed by atoms with Crippen LogP contribution in [0.15, 0.2) is 71.8 Å². The summed E-state index contributed by atoms with van der Waals surface area (Å²) in [5, 5.41) is 2.91. The van der Waals surface area contributed by atoms with Gasteiger partial charge in [-0.1, -0.05) is 48.5 Å². The Morgan fingerprint density at radius 3 is 2.59 bits per heavy atom. The second-order valence-electron chi connectivity index (χ2n) is 6.14. The van der Waals surface area contributed by atoms with Crippen molar-refractivity contribution in [2.24, 2.45) is 0 Å². The minimum atomic E-state index is -0.324. The standard InChI is InChI=1S/C21H21N3O3/c1-15(17-10-6-7-11-19(17)27-2)23-20(25)14-24-13-18(22-12-21(24)26)16-8-4-3-5-9-16/h3-13,15H,14H2,1-2H3,(H,23,25)/t15-/m0/s1. The van der Waals surface area contributed by atoms with Gasteiger partial charge in [-0.05, 0) is 13.0 Å². The number of methoxy groups -OCH3 is 1. The lowest BCUT2D eigenvalue weighted by Gasteiger charge is -2.17. The van der Waals surface area contributed by atoms with E-state index in [0.717, 1.165) is 11.1 Å². The Kier molecular flexibility index (Phi) is 5.66. The van der Waals surface area contributed by atoms with E-state index in [2.05, 4.69) is 10.3 Å². The summed E-state index contributed by atoms with van der Waals surface area (Å²) in [5.41, 5.74) is 2.07. The molecule has 0 radical (unpaired) electrons. The van der Waals surface area contributed by atoms with Gasteiger partial charge in [-0.2, -0.15) is 0 Å². The average molecular weight is 363 g/mol. The first kappa shape index (κ1) is 18.4. The minimum absolute atomic E-state index is 0.0827. The fourth-order valence-corrected chi connectivity index (χ4v) is 2.87. The van der Waals surface area contributed by atoms with Gasteiger partial charge in [-0.25, -0.2) is 4.98 Å². The lowest BCUT2D eigenvalue weighted by molar-refractivity contribution is -0.122. The van der Waals surface area contributed by atoms with E-state index < -0.39 is 0 Å². The van der Waals surface area contributed by atoms with E-state index in [1.807, 2.05) is 61.5 Å². The topological polar surface area (TPSA) is 73.2 Å². The Morgan fingerprint density at radius 1 is 1.15 bits per heavy atom. The summed E-state index contributed by atoms with van der Waals surface area (Å²) in [4.78, 5) is 28.7. The van der Waals surface area contributed by atoms with Gasteiger partial charge in [0, 0.05) is 17.3 Å². The molecule has 0 saturated carbocycles. The van der Waals surface area contributed by atoms with Crippen molar-refractivity contribution in [1.29, 1.82) is 0 Å². The summed E-state index contributed by atoms with van der Waals surface area (Å²) in [7, 11) is 1.59. The number of nitrogens with zero attached hydrogens (tertiary/aromatic N) is 2. The summed E-state index contributed by atoms with van der Waals surface area (Å²) >= 11 is 0. The molecule has 1 heterocycles. The summed E-state index contributed by atoms with van der Waals surface area (Å²) in [6, 6.07) is 16.8. The third kappa shape index (κ3) is 4.41. The average Bonchev–Trinajstić information content (AvgIpc) is 2.70. The molecule has 1 amide bonds. The number of para-hydroxylation sites is 1. The fraction of sp³-hybridized carbons (Fsp3) is 0.190. The highest BCUT2D eigenvalue weighted by atomic mass is 16.5. The monoisotopic (exact) mass is 363 g/mol. The first-order valence-electron chi connectivity index (χ1n) is 8.62. The Morgan fingerprint density at radius 2 is 1.85 bits per heavy atom. The highest BCUT2D eigenvalue weighted by Gasteiger charge is 2.14. The van der Waals surface area contributed by atoms with E-state index in [1.54, 1.807) is 13.3 Å². The molecule has 0 aliphatic carbocycles. The predicted octanol–water partition coefficient (Wildman–Crippen LogP) is 2.80. The number of hydrogen-bond acceptors (Lipinski definition) is 4. The molecule has 1 atom stereocenters. The quantitative estimate of drug-likeness (QED) is 0.731. The summed E-state index contributed by atoms with van der Waals surface area (Å²) in [5.74, 6) is 0.443. The third-order valence-corrected chi connectivity index (χ3v) is 4.24. The molecule has 1 aromatic heterocycles. The van der Waals surface area contributed by atoms with Crippen molar-refractivity contribution in [3.63, 3.8) is 0 Å². The van der Waals surface area contributed by atoms with E-state index in [0.29, 0.717) is 11.4 Å². The molecule has 2 aromatic carbocycles. The van der Waals surface area contributed by atoms with Crippen molar-refractivity contribution in [2.75, 3.05) is 7.11 Å². The van der Waals surface area contributed by atoms with Crippen LogP contribution in [-0.4, -0.2) is 22.6 Å². The molecule has 6 heteroatoms. The van der Waals surface area contributed by atoms with Crippen molar-refractivity contribution in [2.45, 2.75) is 19.5 Å². The zero-order valence-corrected chi connectivity index (χ0v) is 15.3. The maximum Gasteiger partial charge on any atom is 0.269 e. The van der Waals surface area contributed by atoms with Gasteiger partial charge in [0.1, 0.15) is 12.3 Å². The Bertz CT molecular complexity index is 983. The van der Waals surface area contributed by atoms with Crippen molar-refractivity contribution < 1.29 is 9.53 Å². The van der Waals surface area contributed by atoms with Crippen LogP contribution in [0.25, 0.3) is 11.3 Å². The molecule has 0 saturated heterocycles. The summed E-state index contributed by atoms with van der Waals surface area (Å²) < 4.78 is 6.70. The van der Waals surface area contributed by atoms with Gasteiger partial charge in [0.15, 0.2) is 0 Å². The summed E-state index contributed by atoms with van der Waals surface area (Å²) in [6.45, 7) is 1.79. The zero-order chi connectivity index (χ0) is 19.2. The molecule has 0 spiro atoms. The molecular weight excluding hydrogens is 342 g/mol.